The van der Waals surface area contributed by atoms with Crippen LogP contribution in [0.5, 0.6) is 0 Å². The summed E-state index contributed by atoms with van der Waals surface area (Å²) in [5.74, 6) is 0.0682. The first-order chi connectivity index (χ1) is 5.20. The van der Waals surface area contributed by atoms with Gasteiger partial charge in [0.1, 0.15) is 5.78 Å². The van der Waals surface area contributed by atoms with Crippen molar-refractivity contribution in [3.63, 3.8) is 0 Å². The van der Waals surface area contributed by atoms with Crippen molar-refractivity contribution in [1.82, 2.24) is 0 Å². The van der Waals surface area contributed by atoms with E-state index in [0.717, 1.165) is 6.42 Å². The molecule has 0 unspecified atom stereocenters. The Morgan fingerprint density at radius 2 is 2.45 bits per heavy atom. The predicted molar refractivity (Wildman–Crippen MR) is 36.8 cm³/mol. The van der Waals surface area contributed by atoms with Gasteiger partial charge in [-0.15, -0.1) is 0 Å². The summed E-state index contributed by atoms with van der Waals surface area (Å²) >= 11 is 0. The molecule has 0 spiro atoms. The van der Waals surface area contributed by atoms with Crippen molar-refractivity contribution in [3.8, 4) is 0 Å². The molecular formula is C8H10O3. The van der Waals surface area contributed by atoms with Crippen LogP contribution in [0.4, 0.5) is 0 Å². The maximum atomic E-state index is 11.1. The number of fused-ring (bicyclic) bond motifs is 1. The molecule has 3 heteroatoms. The van der Waals surface area contributed by atoms with Crippen LogP contribution in [0.3, 0.4) is 0 Å². The highest BCUT2D eigenvalue weighted by Crippen LogP contribution is 2.62. The summed E-state index contributed by atoms with van der Waals surface area (Å²) < 4.78 is 4.64. The van der Waals surface area contributed by atoms with Gasteiger partial charge in [-0.1, -0.05) is 0 Å². The first-order valence-electron chi connectivity index (χ1n) is 3.82. The summed E-state index contributed by atoms with van der Waals surface area (Å²) in [5, 5.41) is 0. The molecule has 2 aliphatic rings. The summed E-state index contributed by atoms with van der Waals surface area (Å²) in [6, 6.07) is 0. The van der Waals surface area contributed by atoms with Crippen molar-refractivity contribution in [3.05, 3.63) is 0 Å². The molecule has 2 rings (SSSR count). The Morgan fingerprint density at radius 1 is 1.73 bits per heavy atom. The fraction of sp³-hybridized carbons (Fsp3) is 0.750. The van der Waals surface area contributed by atoms with Crippen molar-refractivity contribution in [2.45, 2.75) is 19.3 Å². The second-order valence-corrected chi connectivity index (χ2v) is 3.37. The van der Waals surface area contributed by atoms with Crippen LogP contribution in [0.1, 0.15) is 19.3 Å². The predicted octanol–water partition coefficient (Wildman–Crippen LogP) is 0.529. The normalized spacial score (nSPS) is 40.1. The third-order valence-corrected chi connectivity index (χ3v) is 2.87. The van der Waals surface area contributed by atoms with E-state index in [1.165, 1.54) is 7.11 Å². The van der Waals surface area contributed by atoms with E-state index in [4.69, 9.17) is 0 Å². The molecule has 3 nitrogen and oxygen atoms in total. The number of rotatable bonds is 1. The minimum atomic E-state index is -0.369. The van der Waals surface area contributed by atoms with Gasteiger partial charge in [-0.3, -0.25) is 9.59 Å². The zero-order valence-electron chi connectivity index (χ0n) is 6.42. The zero-order valence-corrected chi connectivity index (χ0v) is 6.42. The van der Waals surface area contributed by atoms with E-state index in [-0.39, 0.29) is 23.1 Å². The quantitative estimate of drug-likeness (QED) is 0.517. The highest BCUT2D eigenvalue weighted by Gasteiger charge is 2.67. The van der Waals surface area contributed by atoms with E-state index in [2.05, 4.69) is 4.74 Å². The number of Topliss-reactive ketones (excluding diaryl/α,β-unsaturated/α-hetero) is 1. The molecule has 2 saturated carbocycles. The van der Waals surface area contributed by atoms with Crippen molar-refractivity contribution >= 4 is 11.8 Å². The van der Waals surface area contributed by atoms with Gasteiger partial charge >= 0.3 is 5.97 Å². The smallest absolute Gasteiger partial charge is 0.312 e. The molecule has 0 N–H and O–H groups in total. The summed E-state index contributed by atoms with van der Waals surface area (Å²) in [6.07, 6.45) is 2.02. The Morgan fingerprint density at radius 3 is 2.82 bits per heavy atom. The number of hydrogen-bond donors (Lipinski definition) is 0. The van der Waals surface area contributed by atoms with Crippen LogP contribution >= 0.6 is 0 Å². The Bertz CT molecular complexity index is 233. The first kappa shape index (κ1) is 6.83. The first-order valence-corrected chi connectivity index (χ1v) is 3.82. The molecule has 60 valence electrons. The van der Waals surface area contributed by atoms with Gasteiger partial charge in [0.25, 0.3) is 0 Å². The minimum Gasteiger partial charge on any atom is -0.469 e. The monoisotopic (exact) mass is 154 g/mol. The molecule has 0 amide bonds. The zero-order chi connectivity index (χ0) is 8.06. The summed E-state index contributed by atoms with van der Waals surface area (Å²) in [5.41, 5.74) is -0.369. The van der Waals surface area contributed by atoms with E-state index >= 15 is 0 Å². The number of esters is 1. The maximum Gasteiger partial charge on any atom is 0.312 e. The van der Waals surface area contributed by atoms with Crippen molar-refractivity contribution < 1.29 is 14.3 Å². The van der Waals surface area contributed by atoms with Gasteiger partial charge in [-0.25, -0.2) is 0 Å². The molecule has 0 radical (unpaired) electrons. The van der Waals surface area contributed by atoms with E-state index in [0.29, 0.717) is 12.8 Å². The van der Waals surface area contributed by atoms with Gasteiger partial charge in [-0.05, 0) is 12.8 Å². The van der Waals surface area contributed by atoms with Crippen molar-refractivity contribution in [2.24, 2.45) is 11.3 Å². The molecule has 0 aromatic rings. The minimum absolute atomic E-state index is 0.00921. The van der Waals surface area contributed by atoms with Crippen LogP contribution in [0, 0.1) is 11.3 Å². The van der Waals surface area contributed by atoms with Gasteiger partial charge in [0, 0.05) is 12.3 Å². The highest BCUT2D eigenvalue weighted by molar-refractivity contribution is 5.98. The summed E-state index contributed by atoms with van der Waals surface area (Å²) in [4.78, 5) is 22.2. The molecule has 0 saturated heterocycles. The lowest BCUT2D eigenvalue weighted by Crippen LogP contribution is -2.16. The molecule has 2 atom stereocenters. The third-order valence-electron chi connectivity index (χ3n) is 2.87. The Hall–Kier alpha value is -0.860. The van der Waals surface area contributed by atoms with Crippen LogP contribution < -0.4 is 0 Å². The van der Waals surface area contributed by atoms with Crippen LogP contribution in [-0.4, -0.2) is 18.9 Å². The summed E-state index contributed by atoms with van der Waals surface area (Å²) in [6.45, 7) is 0. The van der Waals surface area contributed by atoms with E-state index in [1.54, 1.807) is 0 Å². The average Bonchev–Trinajstić information content (AvgIpc) is 2.68. The molecule has 0 bridgehead atoms. The number of carbonyl (C=O) groups excluding carboxylic acids is 2. The number of hydrogen-bond acceptors (Lipinski definition) is 3. The SMILES string of the molecule is COC(=O)[C@@]12CCC(=O)[C@@H]1C2. The molecule has 2 fully saturated rings. The molecule has 11 heavy (non-hydrogen) atoms. The van der Waals surface area contributed by atoms with Crippen molar-refractivity contribution in [2.75, 3.05) is 7.11 Å². The van der Waals surface area contributed by atoms with E-state index in [9.17, 15) is 9.59 Å². The average molecular weight is 154 g/mol. The molecular weight excluding hydrogens is 144 g/mol. The summed E-state index contributed by atoms with van der Waals surface area (Å²) in [7, 11) is 1.38. The topological polar surface area (TPSA) is 43.4 Å². The highest BCUT2D eigenvalue weighted by atomic mass is 16.5. The largest absolute Gasteiger partial charge is 0.469 e. The maximum absolute atomic E-state index is 11.1. The van der Waals surface area contributed by atoms with Gasteiger partial charge < -0.3 is 4.74 Å². The van der Waals surface area contributed by atoms with Gasteiger partial charge in [0.05, 0.1) is 12.5 Å². The third kappa shape index (κ3) is 0.682. The molecule has 0 heterocycles. The van der Waals surface area contributed by atoms with Crippen LogP contribution in [0.2, 0.25) is 0 Å². The van der Waals surface area contributed by atoms with Gasteiger partial charge in [0.15, 0.2) is 0 Å². The lowest BCUT2D eigenvalue weighted by atomic mass is 10.1. The number of ketones is 1. The number of carbonyl (C=O) groups is 2. The van der Waals surface area contributed by atoms with E-state index < -0.39 is 0 Å². The lowest BCUT2D eigenvalue weighted by molar-refractivity contribution is -0.147. The lowest BCUT2D eigenvalue weighted by Gasteiger charge is -2.06. The molecule has 0 aromatic carbocycles. The van der Waals surface area contributed by atoms with Crippen LogP contribution in [0.25, 0.3) is 0 Å². The molecule has 0 aliphatic heterocycles. The standard InChI is InChI=1S/C8H10O3/c1-11-7(10)8-3-2-6(9)5(8)4-8/h5H,2-4H2,1H3/t5-,8+/m0/s1. The Balaban J connectivity index is 2.17. The van der Waals surface area contributed by atoms with Crippen LogP contribution in [0.15, 0.2) is 0 Å². The number of ether oxygens (including phenoxy) is 1. The second kappa shape index (κ2) is 1.84. The van der Waals surface area contributed by atoms with Gasteiger partial charge in [0.2, 0.25) is 0 Å². The Kier molecular flexibility index (Phi) is 1.14. The second-order valence-electron chi connectivity index (χ2n) is 3.37. The van der Waals surface area contributed by atoms with Crippen molar-refractivity contribution in [1.29, 1.82) is 0 Å². The number of methoxy groups -OCH3 is 1. The Labute approximate surface area is 64.7 Å². The van der Waals surface area contributed by atoms with Gasteiger partial charge in [-0.2, -0.15) is 0 Å². The molecule has 2 aliphatic carbocycles. The fourth-order valence-electron chi connectivity index (χ4n) is 2.06. The van der Waals surface area contributed by atoms with Crippen LogP contribution in [-0.2, 0) is 14.3 Å². The van der Waals surface area contributed by atoms with E-state index in [1.807, 2.05) is 0 Å². The molecule has 0 aromatic heterocycles. The fourth-order valence-corrected chi connectivity index (χ4v) is 2.06.